The zero-order chi connectivity index (χ0) is 18.4. The molecular weight excluding hydrogens is 324 g/mol. The summed E-state index contributed by atoms with van der Waals surface area (Å²) >= 11 is 0. The Morgan fingerprint density at radius 2 is 1.85 bits per heavy atom. The Balaban J connectivity index is 1.60. The highest BCUT2D eigenvalue weighted by Gasteiger charge is 2.72. The Morgan fingerprint density at radius 1 is 1.15 bits per heavy atom. The standard InChI is InChI=1S/C22H26N2O2/c1-15-12-23-18(16(2)19(15)25)13-24-20(26)22(17-8-4-3-5-9-17)14-21(22)10-6-7-11-21/h3-5,8-9,12H,6-7,10-11,13-14H2,1-2H3,(H,23,25)(H,24,26)/t22-/m1/s1. The number of H-pyrrole nitrogens is 1. The SMILES string of the molecule is Cc1c[nH]c(CNC(=O)[C@]2(c3ccccc3)CC23CCCC3)c(C)c1=O. The minimum atomic E-state index is -0.399. The summed E-state index contributed by atoms with van der Waals surface area (Å²) in [6, 6.07) is 10.2. The molecule has 1 spiro atoms. The Hall–Kier alpha value is -2.36. The predicted molar refractivity (Wildman–Crippen MR) is 102 cm³/mol. The lowest BCUT2D eigenvalue weighted by Crippen LogP contribution is -2.38. The van der Waals surface area contributed by atoms with Crippen molar-refractivity contribution < 1.29 is 4.79 Å². The number of aromatic nitrogens is 1. The molecule has 0 radical (unpaired) electrons. The van der Waals surface area contributed by atoms with Crippen molar-refractivity contribution in [2.75, 3.05) is 0 Å². The van der Waals surface area contributed by atoms with Gasteiger partial charge in [0.2, 0.25) is 5.91 Å². The largest absolute Gasteiger partial charge is 0.363 e. The third-order valence-electron chi connectivity index (χ3n) is 6.64. The first-order valence-electron chi connectivity index (χ1n) is 9.52. The second-order valence-electron chi connectivity index (χ2n) is 8.02. The Labute approximate surface area is 154 Å². The van der Waals surface area contributed by atoms with Gasteiger partial charge in [-0.05, 0) is 44.1 Å². The molecule has 4 nitrogen and oxygen atoms in total. The van der Waals surface area contributed by atoms with Crippen molar-refractivity contribution in [3.05, 3.63) is 69.1 Å². The number of nitrogens with one attached hydrogen (secondary N) is 2. The third kappa shape index (κ3) is 2.43. The summed E-state index contributed by atoms with van der Waals surface area (Å²) in [6.45, 7) is 3.98. The summed E-state index contributed by atoms with van der Waals surface area (Å²) in [6.07, 6.45) is 7.36. The molecule has 2 aliphatic rings. The van der Waals surface area contributed by atoms with Crippen LogP contribution in [0.3, 0.4) is 0 Å². The van der Waals surface area contributed by atoms with Gasteiger partial charge < -0.3 is 10.3 Å². The summed E-state index contributed by atoms with van der Waals surface area (Å²) < 4.78 is 0. The maximum atomic E-state index is 13.3. The lowest BCUT2D eigenvalue weighted by molar-refractivity contribution is -0.124. The fourth-order valence-corrected chi connectivity index (χ4v) is 5.01. The minimum Gasteiger partial charge on any atom is -0.363 e. The van der Waals surface area contributed by atoms with Gasteiger partial charge in [-0.15, -0.1) is 0 Å². The van der Waals surface area contributed by atoms with Crippen LogP contribution < -0.4 is 10.7 Å². The van der Waals surface area contributed by atoms with E-state index in [-0.39, 0.29) is 16.8 Å². The number of rotatable bonds is 4. The van der Waals surface area contributed by atoms with E-state index in [9.17, 15) is 9.59 Å². The first-order chi connectivity index (χ1) is 12.5. The van der Waals surface area contributed by atoms with Gasteiger partial charge in [-0.3, -0.25) is 9.59 Å². The summed E-state index contributed by atoms with van der Waals surface area (Å²) in [5, 5.41) is 3.13. The van der Waals surface area contributed by atoms with Crippen molar-refractivity contribution >= 4 is 5.91 Å². The molecule has 1 aromatic heterocycles. The maximum Gasteiger partial charge on any atom is 0.231 e. The van der Waals surface area contributed by atoms with Gasteiger partial charge in [0.05, 0.1) is 12.0 Å². The zero-order valence-electron chi connectivity index (χ0n) is 15.5. The molecule has 0 unspecified atom stereocenters. The van der Waals surface area contributed by atoms with Gasteiger partial charge in [0.25, 0.3) is 0 Å². The molecule has 136 valence electrons. The lowest BCUT2D eigenvalue weighted by atomic mass is 9.84. The van der Waals surface area contributed by atoms with Gasteiger partial charge in [0.1, 0.15) is 0 Å². The van der Waals surface area contributed by atoms with Gasteiger partial charge in [-0.1, -0.05) is 43.2 Å². The summed E-state index contributed by atoms with van der Waals surface area (Å²) in [5.41, 5.74) is 3.09. The second-order valence-corrected chi connectivity index (χ2v) is 8.02. The molecule has 1 aromatic carbocycles. The molecule has 2 aliphatic carbocycles. The predicted octanol–water partition coefficient (Wildman–Crippen LogP) is 3.51. The highest BCUT2D eigenvalue weighted by molar-refractivity contribution is 5.93. The smallest absolute Gasteiger partial charge is 0.231 e. The Kier molecular flexibility index (Phi) is 4.02. The van der Waals surface area contributed by atoms with E-state index < -0.39 is 5.41 Å². The normalized spacial score (nSPS) is 23.2. The van der Waals surface area contributed by atoms with E-state index in [1.807, 2.05) is 25.1 Å². The molecule has 4 heteroatoms. The molecule has 2 saturated carbocycles. The molecule has 1 amide bonds. The van der Waals surface area contributed by atoms with Crippen molar-refractivity contribution in [2.24, 2.45) is 5.41 Å². The van der Waals surface area contributed by atoms with Crippen LogP contribution in [0.1, 0.15) is 54.5 Å². The molecule has 2 fully saturated rings. The number of hydrogen-bond acceptors (Lipinski definition) is 2. The van der Waals surface area contributed by atoms with Crippen LogP contribution in [-0.4, -0.2) is 10.9 Å². The highest BCUT2D eigenvalue weighted by Crippen LogP contribution is 2.72. The van der Waals surface area contributed by atoms with Crippen LogP contribution in [0.4, 0.5) is 0 Å². The fraction of sp³-hybridized carbons (Fsp3) is 0.455. The number of pyridine rings is 1. The van der Waals surface area contributed by atoms with Crippen LogP contribution in [0, 0.1) is 19.3 Å². The number of amides is 1. The number of carbonyl (C=O) groups is 1. The summed E-state index contributed by atoms with van der Waals surface area (Å²) in [5.74, 6) is 0.103. The zero-order valence-corrected chi connectivity index (χ0v) is 15.5. The summed E-state index contributed by atoms with van der Waals surface area (Å²) in [4.78, 5) is 28.6. The monoisotopic (exact) mass is 350 g/mol. The van der Waals surface area contributed by atoms with E-state index in [0.717, 1.165) is 30.5 Å². The Bertz CT molecular complexity index is 894. The van der Waals surface area contributed by atoms with Gasteiger partial charge in [0.15, 0.2) is 5.43 Å². The molecule has 1 atom stereocenters. The van der Waals surface area contributed by atoms with Gasteiger partial charge in [-0.25, -0.2) is 0 Å². The first-order valence-corrected chi connectivity index (χ1v) is 9.52. The number of carbonyl (C=O) groups excluding carboxylic acids is 1. The minimum absolute atomic E-state index is 0.0458. The van der Waals surface area contributed by atoms with Crippen LogP contribution in [0.2, 0.25) is 0 Å². The fourth-order valence-electron chi connectivity index (χ4n) is 5.01. The van der Waals surface area contributed by atoms with Crippen LogP contribution in [0.25, 0.3) is 0 Å². The number of hydrogen-bond donors (Lipinski definition) is 2. The van der Waals surface area contributed by atoms with Crippen molar-refractivity contribution in [1.82, 2.24) is 10.3 Å². The highest BCUT2D eigenvalue weighted by atomic mass is 16.2. The second kappa shape index (κ2) is 6.11. The van der Waals surface area contributed by atoms with Gasteiger partial charge in [-0.2, -0.15) is 0 Å². The van der Waals surface area contributed by atoms with E-state index in [1.165, 1.54) is 12.8 Å². The number of aromatic amines is 1. The Morgan fingerprint density at radius 3 is 2.54 bits per heavy atom. The van der Waals surface area contributed by atoms with Crippen LogP contribution >= 0.6 is 0 Å². The number of aryl methyl sites for hydroxylation is 1. The van der Waals surface area contributed by atoms with Crippen molar-refractivity contribution in [2.45, 2.75) is 57.9 Å². The summed E-state index contributed by atoms with van der Waals surface area (Å²) in [7, 11) is 0. The van der Waals surface area contributed by atoms with Gasteiger partial charge >= 0.3 is 0 Å². The molecule has 0 saturated heterocycles. The maximum absolute atomic E-state index is 13.3. The average molecular weight is 350 g/mol. The van der Waals surface area contributed by atoms with E-state index in [2.05, 4.69) is 22.4 Å². The van der Waals surface area contributed by atoms with E-state index in [1.54, 1.807) is 13.1 Å². The van der Waals surface area contributed by atoms with Crippen LogP contribution in [-0.2, 0) is 16.8 Å². The van der Waals surface area contributed by atoms with Gasteiger partial charge in [0, 0.05) is 23.0 Å². The van der Waals surface area contributed by atoms with E-state index in [0.29, 0.717) is 17.7 Å². The van der Waals surface area contributed by atoms with E-state index >= 15 is 0 Å². The van der Waals surface area contributed by atoms with Crippen molar-refractivity contribution in [3.8, 4) is 0 Å². The lowest BCUT2D eigenvalue weighted by Gasteiger charge is -2.23. The molecule has 26 heavy (non-hydrogen) atoms. The van der Waals surface area contributed by atoms with Crippen molar-refractivity contribution in [3.63, 3.8) is 0 Å². The third-order valence-corrected chi connectivity index (χ3v) is 6.64. The van der Waals surface area contributed by atoms with Crippen LogP contribution in [0.15, 0.2) is 41.3 Å². The van der Waals surface area contributed by atoms with E-state index in [4.69, 9.17) is 0 Å². The average Bonchev–Trinajstić information content (AvgIpc) is 3.07. The quantitative estimate of drug-likeness (QED) is 0.886. The van der Waals surface area contributed by atoms with Crippen molar-refractivity contribution in [1.29, 1.82) is 0 Å². The molecule has 4 rings (SSSR count). The number of benzene rings is 1. The molecule has 1 heterocycles. The molecule has 2 N–H and O–H groups in total. The topological polar surface area (TPSA) is 62.0 Å². The molecule has 0 aliphatic heterocycles. The molecule has 0 bridgehead atoms. The van der Waals surface area contributed by atoms with Crippen LogP contribution in [0.5, 0.6) is 0 Å². The first kappa shape index (κ1) is 17.1. The molecular formula is C22H26N2O2. The molecule has 2 aromatic rings.